The molecule has 0 atom stereocenters. The molecule has 0 radical (unpaired) electrons. The summed E-state index contributed by atoms with van der Waals surface area (Å²) in [5.74, 6) is 1.42. The molecular formula is C13H13N3O2. The summed E-state index contributed by atoms with van der Waals surface area (Å²) in [5, 5.41) is 8.02. The first-order valence-electron chi connectivity index (χ1n) is 5.63. The van der Waals surface area contributed by atoms with Crippen LogP contribution in [0.3, 0.4) is 0 Å². The summed E-state index contributed by atoms with van der Waals surface area (Å²) in [6, 6.07) is 9.58. The van der Waals surface area contributed by atoms with Gasteiger partial charge in [0.05, 0.1) is 7.11 Å². The van der Waals surface area contributed by atoms with E-state index in [0.717, 1.165) is 22.4 Å². The quantitative estimate of drug-likeness (QED) is 0.739. The van der Waals surface area contributed by atoms with Crippen LogP contribution in [0.25, 0.3) is 22.4 Å². The Bertz CT molecular complexity index is 684. The Morgan fingerprint density at radius 2 is 2.28 bits per heavy atom. The molecule has 0 fully saturated rings. The van der Waals surface area contributed by atoms with Crippen LogP contribution < -0.4 is 10.5 Å². The van der Waals surface area contributed by atoms with E-state index in [9.17, 15) is 0 Å². The van der Waals surface area contributed by atoms with Crippen molar-refractivity contribution in [2.45, 2.75) is 6.54 Å². The Morgan fingerprint density at radius 1 is 1.39 bits per heavy atom. The number of hydrogen-bond donors (Lipinski definition) is 2. The van der Waals surface area contributed by atoms with Crippen LogP contribution in [0.15, 0.2) is 34.7 Å². The van der Waals surface area contributed by atoms with Crippen molar-refractivity contribution in [2.24, 2.45) is 5.73 Å². The van der Waals surface area contributed by atoms with Crippen LogP contribution in [-0.2, 0) is 6.54 Å². The minimum Gasteiger partial charge on any atom is -0.493 e. The second-order valence-corrected chi connectivity index (χ2v) is 3.97. The molecule has 2 heterocycles. The van der Waals surface area contributed by atoms with Gasteiger partial charge < -0.3 is 14.9 Å². The van der Waals surface area contributed by atoms with Crippen LogP contribution >= 0.6 is 0 Å². The van der Waals surface area contributed by atoms with E-state index in [1.807, 2.05) is 30.3 Å². The molecule has 0 unspecified atom stereocenters. The first-order valence-corrected chi connectivity index (χ1v) is 5.63. The van der Waals surface area contributed by atoms with E-state index in [1.54, 1.807) is 7.11 Å². The maximum atomic E-state index is 5.79. The van der Waals surface area contributed by atoms with Gasteiger partial charge in [0, 0.05) is 17.6 Å². The van der Waals surface area contributed by atoms with Gasteiger partial charge in [-0.2, -0.15) is 5.10 Å². The number of rotatable bonds is 3. The lowest BCUT2D eigenvalue weighted by atomic mass is 10.2. The zero-order valence-corrected chi connectivity index (χ0v) is 9.93. The molecule has 0 spiro atoms. The van der Waals surface area contributed by atoms with Gasteiger partial charge in [-0.15, -0.1) is 0 Å². The molecule has 5 heteroatoms. The molecule has 0 saturated heterocycles. The van der Waals surface area contributed by atoms with E-state index < -0.39 is 0 Å². The van der Waals surface area contributed by atoms with E-state index in [2.05, 4.69) is 10.2 Å². The van der Waals surface area contributed by atoms with Crippen molar-refractivity contribution >= 4 is 11.0 Å². The van der Waals surface area contributed by atoms with Gasteiger partial charge in [0.1, 0.15) is 5.69 Å². The Morgan fingerprint density at radius 3 is 3.00 bits per heavy atom. The van der Waals surface area contributed by atoms with E-state index in [0.29, 0.717) is 18.1 Å². The minimum absolute atomic E-state index is 0.427. The average Bonchev–Trinajstić information content (AvgIpc) is 3.03. The van der Waals surface area contributed by atoms with Gasteiger partial charge in [-0.3, -0.25) is 5.10 Å². The second-order valence-electron chi connectivity index (χ2n) is 3.97. The number of para-hydroxylation sites is 1. The molecular weight excluding hydrogens is 230 g/mol. The molecule has 5 nitrogen and oxygen atoms in total. The zero-order chi connectivity index (χ0) is 12.5. The number of aromatic amines is 1. The van der Waals surface area contributed by atoms with E-state index >= 15 is 0 Å². The van der Waals surface area contributed by atoms with Crippen LogP contribution in [0, 0.1) is 0 Å². The molecule has 0 aliphatic heterocycles. The van der Waals surface area contributed by atoms with Crippen LogP contribution in [0.2, 0.25) is 0 Å². The molecule has 3 N–H and O–H groups in total. The summed E-state index contributed by atoms with van der Waals surface area (Å²) in [6.07, 6.45) is 0. The van der Waals surface area contributed by atoms with Gasteiger partial charge in [0.15, 0.2) is 17.1 Å². The largest absolute Gasteiger partial charge is 0.493 e. The lowest BCUT2D eigenvalue weighted by Crippen LogP contribution is -1.95. The lowest BCUT2D eigenvalue weighted by Gasteiger charge is -1.98. The molecule has 2 aromatic heterocycles. The third-order valence-corrected chi connectivity index (χ3v) is 2.83. The highest BCUT2D eigenvalue weighted by atomic mass is 16.5. The molecule has 0 bridgehead atoms. The fourth-order valence-corrected chi connectivity index (χ4v) is 1.92. The van der Waals surface area contributed by atoms with Crippen molar-refractivity contribution in [3.05, 3.63) is 36.0 Å². The molecule has 0 saturated carbocycles. The Kier molecular flexibility index (Phi) is 2.53. The van der Waals surface area contributed by atoms with Crippen LogP contribution in [0.1, 0.15) is 5.69 Å². The van der Waals surface area contributed by atoms with E-state index in [4.69, 9.17) is 14.9 Å². The van der Waals surface area contributed by atoms with Gasteiger partial charge in [-0.25, -0.2) is 0 Å². The van der Waals surface area contributed by atoms with Gasteiger partial charge in [0.25, 0.3) is 0 Å². The normalized spacial score (nSPS) is 11.0. The van der Waals surface area contributed by atoms with Crippen molar-refractivity contribution in [3.63, 3.8) is 0 Å². The molecule has 0 aliphatic rings. The highest BCUT2D eigenvalue weighted by Crippen LogP contribution is 2.32. The number of benzene rings is 1. The number of aromatic nitrogens is 2. The second kappa shape index (κ2) is 4.19. The van der Waals surface area contributed by atoms with Gasteiger partial charge >= 0.3 is 0 Å². The number of nitrogens with one attached hydrogen (secondary N) is 1. The first-order chi connectivity index (χ1) is 8.81. The topological polar surface area (TPSA) is 77.1 Å². The molecule has 3 rings (SSSR count). The number of furan rings is 1. The van der Waals surface area contributed by atoms with E-state index in [-0.39, 0.29) is 0 Å². The van der Waals surface area contributed by atoms with Crippen molar-refractivity contribution in [3.8, 4) is 17.2 Å². The number of fused-ring (bicyclic) bond motifs is 1. The number of nitrogens with two attached hydrogens (primary N) is 1. The monoisotopic (exact) mass is 243 g/mol. The Balaban J connectivity index is 2.13. The zero-order valence-electron chi connectivity index (χ0n) is 9.93. The van der Waals surface area contributed by atoms with Gasteiger partial charge in [-0.05, 0) is 18.2 Å². The highest BCUT2D eigenvalue weighted by molar-refractivity contribution is 5.86. The smallest absolute Gasteiger partial charge is 0.176 e. The summed E-state index contributed by atoms with van der Waals surface area (Å²) in [4.78, 5) is 0. The average molecular weight is 243 g/mol. The number of nitrogens with zero attached hydrogens (tertiary/aromatic N) is 1. The fourth-order valence-electron chi connectivity index (χ4n) is 1.92. The molecule has 0 aliphatic carbocycles. The van der Waals surface area contributed by atoms with Crippen LogP contribution in [-0.4, -0.2) is 17.3 Å². The molecule has 1 aromatic carbocycles. The number of hydrogen-bond acceptors (Lipinski definition) is 4. The van der Waals surface area contributed by atoms with Crippen molar-refractivity contribution in [1.82, 2.24) is 10.2 Å². The summed E-state index contributed by atoms with van der Waals surface area (Å²) >= 11 is 0. The Labute approximate surface area is 104 Å². The van der Waals surface area contributed by atoms with E-state index in [1.165, 1.54) is 0 Å². The summed E-state index contributed by atoms with van der Waals surface area (Å²) in [6.45, 7) is 0.427. The summed E-state index contributed by atoms with van der Waals surface area (Å²) in [5.41, 5.74) is 7.89. The third-order valence-electron chi connectivity index (χ3n) is 2.83. The molecule has 92 valence electrons. The highest BCUT2D eigenvalue weighted by Gasteiger charge is 2.12. The predicted molar refractivity (Wildman–Crippen MR) is 68.2 cm³/mol. The Hall–Kier alpha value is -2.27. The fraction of sp³-hybridized carbons (Fsp3) is 0.154. The molecule has 3 aromatic rings. The van der Waals surface area contributed by atoms with Crippen molar-refractivity contribution in [1.29, 1.82) is 0 Å². The maximum absolute atomic E-state index is 5.79. The summed E-state index contributed by atoms with van der Waals surface area (Å²) in [7, 11) is 1.62. The van der Waals surface area contributed by atoms with Gasteiger partial charge in [0.2, 0.25) is 0 Å². The molecule has 0 amide bonds. The van der Waals surface area contributed by atoms with Crippen molar-refractivity contribution in [2.75, 3.05) is 7.11 Å². The third kappa shape index (κ3) is 1.65. The first kappa shape index (κ1) is 10.9. The number of ether oxygens (including phenoxy) is 1. The summed E-state index contributed by atoms with van der Waals surface area (Å²) < 4.78 is 11.0. The predicted octanol–water partition coefficient (Wildman–Crippen LogP) is 2.29. The standard InChI is InChI=1S/C13H13N3O2/c1-17-11-4-2-3-8-5-12(18-13(8)11)10-6-9(7-14)15-16-10/h2-6H,7,14H2,1H3,(H,15,16). The van der Waals surface area contributed by atoms with Crippen molar-refractivity contribution < 1.29 is 9.15 Å². The lowest BCUT2D eigenvalue weighted by molar-refractivity contribution is 0.411. The molecule has 18 heavy (non-hydrogen) atoms. The minimum atomic E-state index is 0.427. The maximum Gasteiger partial charge on any atom is 0.176 e. The SMILES string of the molecule is COc1cccc2cc(-c3cc(CN)[nH]n3)oc12. The van der Waals surface area contributed by atoms with Crippen LogP contribution in [0.5, 0.6) is 5.75 Å². The number of methoxy groups -OCH3 is 1. The van der Waals surface area contributed by atoms with Gasteiger partial charge in [-0.1, -0.05) is 12.1 Å². The number of H-pyrrole nitrogens is 1. The van der Waals surface area contributed by atoms with Crippen LogP contribution in [0.4, 0.5) is 0 Å².